The van der Waals surface area contributed by atoms with Crippen LogP contribution in [-0.2, 0) is 14.2 Å². The van der Waals surface area contributed by atoms with Crippen molar-refractivity contribution in [3.8, 4) is 0 Å². The number of hydrogen-bond donors (Lipinski definition) is 1. The topological polar surface area (TPSA) is 39.7 Å². The van der Waals surface area contributed by atoms with Crippen molar-refractivity contribution in [2.24, 2.45) is 5.92 Å². The van der Waals surface area contributed by atoms with Crippen LogP contribution >= 0.6 is 0 Å². The van der Waals surface area contributed by atoms with Crippen molar-refractivity contribution in [1.82, 2.24) is 5.32 Å². The Labute approximate surface area is 91.3 Å². The summed E-state index contributed by atoms with van der Waals surface area (Å²) in [5, 5.41) is 3.47. The summed E-state index contributed by atoms with van der Waals surface area (Å²) in [4.78, 5) is 0. The molecule has 15 heavy (non-hydrogen) atoms. The Morgan fingerprint density at radius 2 is 1.93 bits per heavy atom. The van der Waals surface area contributed by atoms with Gasteiger partial charge in [-0.25, -0.2) is 0 Å². The average molecular weight is 215 g/mol. The van der Waals surface area contributed by atoms with Gasteiger partial charge in [-0.15, -0.1) is 0 Å². The molecule has 2 fully saturated rings. The van der Waals surface area contributed by atoms with Gasteiger partial charge in [-0.2, -0.15) is 0 Å². The van der Waals surface area contributed by atoms with Gasteiger partial charge in [0.15, 0.2) is 5.79 Å². The third-order valence-corrected chi connectivity index (χ3v) is 2.98. The second kappa shape index (κ2) is 4.78. The van der Waals surface area contributed by atoms with E-state index < -0.39 is 5.79 Å². The van der Waals surface area contributed by atoms with Gasteiger partial charge in [-0.1, -0.05) is 0 Å². The second-order valence-electron chi connectivity index (χ2n) is 4.86. The SMILES string of the molecule is CC1(C)OCC(NCC2CCOC2)CO1. The molecule has 0 radical (unpaired) electrons. The summed E-state index contributed by atoms with van der Waals surface area (Å²) in [6, 6.07) is 0.332. The van der Waals surface area contributed by atoms with Crippen LogP contribution < -0.4 is 5.32 Å². The molecule has 4 nitrogen and oxygen atoms in total. The predicted octanol–water partition coefficient (Wildman–Crippen LogP) is 0.764. The summed E-state index contributed by atoms with van der Waals surface area (Å²) in [6.45, 7) is 8.20. The summed E-state index contributed by atoms with van der Waals surface area (Å²) in [5.74, 6) is 0.259. The van der Waals surface area contributed by atoms with Crippen LogP contribution in [0.15, 0.2) is 0 Å². The Morgan fingerprint density at radius 3 is 2.53 bits per heavy atom. The van der Waals surface area contributed by atoms with E-state index in [9.17, 15) is 0 Å². The van der Waals surface area contributed by atoms with Gasteiger partial charge < -0.3 is 19.5 Å². The number of hydrogen-bond acceptors (Lipinski definition) is 4. The zero-order valence-electron chi connectivity index (χ0n) is 9.62. The molecule has 2 rings (SSSR count). The van der Waals surface area contributed by atoms with E-state index in [4.69, 9.17) is 14.2 Å². The molecular weight excluding hydrogens is 194 g/mol. The van der Waals surface area contributed by atoms with Gasteiger partial charge in [0.25, 0.3) is 0 Å². The molecule has 0 spiro atoms. The first-order valence-electron chi connectivity index (χ1n) is 5.75. The maximum atomic E-state index is 5.58. The molecule has 88 valence electrons. The van der Waals surface area contributed by atoms with Gasteiger partial charge >= 0.3 is 0 Å². The lowest BCUT2D eigenvalue weighted by Gasteiger charge is -2.35. The van der Waals surface area contributed by atoms with Crippen molar-refractivity contribution in [2.75, 3.05) is 33.0 Å². The second-order valence-corrected chi connectivity index (χ2v) is 4.86. The maximum Gasteiger partial charge on any atom is 0.162 e. The van der Waals surface area contributed by atoms with Crippen LogP contribution in [0.2, 0.25) is 0 Å². The highest BCUT2D eigenvalue weighted by atomic mass is 16.7. The fourth-order valence-corrected chi connectivity index (χ4v) is 1.89. The molecule has 0 amide bonds. The highest BCUT2D eigenvalue weighted by Gasteiger charge is 2.28. The largest absolute Gasteiger partial charge is 0.381 e. The van der Waals surface area contributed by atoms with Gasteiger partial charge in [0.05, 0.1) is 25.9 Å². The minimum atomic E-state index is -0.408. The first kappa shape index (κ1) is 11.3. The lowest BCUT2D eigenvalue weighted by molar-refractivity contribution is -0.253. The molecular formula is C11H21NO3. The van der Waals surface area contributed by atoms with E-state index in [0.29, 0.717) is 12.0 Å². The van der Waals surface area contributed by atoms with Gasteiger partial charge in [0.1, 0.15) is 0 Å². The monoisotopic (exact) mass is 215 g/mol. The number of nitrogens with one attached hydrogen (secondary N) is 1. The van der Waals surface area contributed by atoms with Crippen molar-refractivity contribution in [2.45, 2.75) is 32.1 Å². The molecule has 0 aromatic rings. The molecule has 1 atom stereocenters. The lowest BCUT2D eigenvalue weighted by Crippen LogP contribution is -2.49. The average Bonchev–Trinajstić information content (AvgIpc) is 2.69. The molecule has 1 unspecified atom stereocenters. The first-order valence-corrected chi connectivity index (χ1v) is 5.75. The van der Waals surface area contributed by atoms with Crippen LogP contribution in [0.3, 0.4) is 0 Å². The van der Waals surface area contributed by atoms with E-state index in [2.05, 4.69) is 5.32 Å². The van der Waals surface area contributed by atoms with E-state index in [1.165, 1.54) is 6.42 Å². The normalized spacial score (nSPS) is 32.0. The lowest BCUT2D eigenvalue weighted by atomic mass is 10.1. The Balaban J connectivity index is 1.64. The molecule has 2 saturated heterocycles. The Bertz CT molecular complexity index is 192. The quantitative estimate of drug-likeness (QED) is 0.754. The van der Waals surface area contributed by atoms with Gasteiger partial charge in [0, 0.05) is 13.2 Å². The molecule has 2 aliphatic heterocycles. The molecule has 0 bridgehead atoms. The highest BCUT2D eigenvalue weighted by Crippen LogP contribution is 2.17. The number of rotatable bonds is 3. The Morgan fingerprint density at radius 1 is 1.20 bits per heavy atom. The zero-order chi connectivity index (χ0) is 10.7. The van der Waals surface area contributed by atoms with E-state index in [1.54, 1.807) is 0 Å². The fourth-order valence-electron chi connectivity index (χ4n) is 1.89. The minimum Gasteiger partial charge on any atom is -0.381 e. The summed E-state index contributed by atoms with van der Waals surface area (Å²) in [5.41, 5.74) is 0. The van der Waals surface area contributed by atoms with Crippen molar-refractivity contribution in [3.05, 3.63) is 0 Å². The summed E-state index contributed by atoms with van der Waals surface area (Å²) in [6.07, 6.45) is 1.17. The van der Waals surface area contributed by atoms with Crippen molar-refractivity contribution < 1.29 is 14.2 Å². The molecule has 0 aromatic carbocycles. The molecule has 4 heteroatoms. The zero-order valence-corrected chi connectivity index (χ0v) is 9.62. The smallest absolute Gasteiger partial charge is 0.162 e. The van der Waals surface area contributed by atoms with E-state index in [1.807, 2.05) is 13.8 Å². The van der Waals surface area contributed by atoms with E-state index >= 15 is 0 Å². The van der Waals surface area contributed by atoms with Crippen LogP contribution in [0.5, 0.6) is 0 Å². The third-order valence-electron chi connectivity index (χ3n) is 2.98. The third kappa shape index (κ3) is 3.41. The molecule has 2 heterocycles. The van der Waals surface area contributed by atoms with E-state index in [0.717, 1.165) is 33.0 Å². The minimum absolute atomic E-state index is 0.332. The summed E-state index contributed by atoms with van der Waals surface area (Å²) >= 11 is 0. The maximum absolute atomic E-state index is 5.58. The van der Waals surface area contributed by atoms with Crippen LogP contribution in [0.4, 0.5) is 0 Å². The van der Waals surface area contributed by atoms with Gasteiger partial charge in [0.2, 0.25) is 0 Å². The van der Waals surface area contributed by atoms with Crippen LogP contribution in [0.1, 0.15) is 20.3 Å². The fraction of sp³-hybridized carbons (Fsp3) is 1.00. The van der Waals surface area contributed by atoms with Crippen LogP contribution in [0.25, 0.3) is 0 Å². The van der Waals surface area contributed by atoms with Crippen molar-refractivity contribution >= 4 is 0 Å². The number of ether oxygens (including phenoxy) is 3. The molecule has 2 aliphatic rings. The van der Waals surface area contributed by atoms with Crippen LogP contribution in [0, 0.1) is 5.92 Å². The molecule has 0 saturated carbocycles. The van der Waals surface area contributed by atoms with E-state index in [-0.39, 0.29) is 0 Å². The standard InChI is InChI=1S/C11H21NO3/c1-11(2)14-7-10(8-15-11)12-5-9-3-4-13-6-9/h9-10,12H,3-8H2,1-2H3. The molecule has 0 aliphatic carbocycles. The van der Waals surface area contributed by atoms with Crippen molar-refractivity contribution in [1.29, 1.82) is 0 Å². The van der Waals surface area contributed by atoms with Crippen molar-refractivity contribution in [3.63, 3.8) is 0 Å². The summed E-state index contributed by atoms with van der Waals surface area (Å²) < 4.78 is 16.5. The Kier molecular flexibility index (Phi) is 3.61. The highest BCUT2D eigenvalue weighted by molar-refractivity contribution is 4.76. The van der Waals surface area contributed by atoms with Gasteiger partial charge in [-0.3, -0.25) is 0 Å². The molecule has 1 N–H and O–H groups in total. The molecule has 0 aromatic heterocycles. The first-order chi connectivity index (χ1) is 7.16. The Hall–Kier alpha value is -0.160. The predicted molar refractivity (Wildman–Crippen MR) is 56.7 cm³/mol. The summed E-state index contributed by atoms with van der Waals surface area (Å²) in [7, 11) is 0. The van der Waals surface area contributed by atoms with Gasteiger partial charge in [-0.05, 0) is 26.2 Å². The van der Waals surface area contributed by atoms with Crippen LogP contribution in [-0.4, -0.2) is 44.8 Å².